The van der Waals surface area contributed by atoms with E-state index in [2.05, 4.69) is 4.99 Å². The van der Waals surface area contributed by atoms with E-state index in [1.807, 2.05) is 16.7 Å². The lowest BCUT2D eigenvalue weighted by atomic mass is 10.2. The van der Waals surface area contributed by atoms with Crippen LogP contribution in [0.1, 0.15) is 23.2 Å². The van der Waals surface area contributed by atoms with Gasteiger partial charge >= 0.3 is 0 Å². The number of methoxy groups -OCH3 is 3. The molecular weight excluding hydrogens is 518 g/mol. The topological polar surface area (TPSA) is 109 Å². The van der Waals surface area contributed by atoms with Crippen molar-refractivity contribution in [3.05, 3.63) is 46.8 Å². The Hall–Kier alpha value is -2.77. The van der Waals surface area contributed by atoms with Crippen LogP contribution in [0.5, 0.6) is 11.5 Å². The number of hydrogen-bond acceptors (Lipinski definition) is 8. The lowest BCUT2D eigenvalue weighted by molar-refractivity contribution is 0.0979. The maximum absolute atomic E-state index is 13.1. The zero-order chi connectivity index (χ0) is 26.6. The van der Waals surface area contributed by atoms with Gasteiger partial charge in [-0.3, -0.25) is 4.79 Å². The molecule has 1 fully saturated rings. The Morgan fingerprint density at radius 3 is 2.49 bits per heavy atom. The smallest absolute Gasteiger partial charge is 0.279 e. The van der Waals surface area contributed by atoms with Gasteiger partial charge in [0.05, 0.1) is 42.0 Å². The van der Waals surface area contributed by atoms with Crippen LogP contribution in [0.3, 0.4) is 0 Å². The number of carbonyl (C=O) groups is 1. The van der Waals surface area contributed by atoms with Gasteiger partial charge in [0.1, 0.15) is 0 Å². The van der Waals surface area contributed by atoms with Crippen molar-refractivity contribution in [2.45, 2.75) is 30.4 Å². The highest BCUT2D eigenvalue weighted by atomic mass is 32.2. The summed E-state index contributed by atoms with van der Waals surface area (Å²) in [6.07, 6.45) is 1.69. The molecule has 10 nitrogen and oxygen atoms in total. The molecule has 3 aromatic rings. The molecule has 1 aliphatic rings. The van der Waals surface area contributed by atoms with Crippen LogP contribution in [0.2, 0.25) is 0 Å². The maximum Gasteiger partial charge on any atom is 0.279 e. The van der Waals surface area contributed by atoms with Gasteiger partial charge in [-0.25, -0.2) is 8.42 Å². The van der Waals surface area contributed by atoms with Crippen LogP contribution >= 0.6 is 11.3 Å². The molecule has 12 heteroatoms. The number of sulfonamides is 1. The number of aromatic nitrogens is 1. The zero-order valence-electron chi connectivity index (χ0n) is 21.3. The Kier molecular flexibility index (Phi) is 8.65. The van der Waals surface area contributed by atoms with Crippen molar-refractivity contribution in [3.63, 3.8) is 0 Å². The fourth-order valence-electron chi connectivity index (χ4n) is 4.15. The van der Waals surface area contributed by atoms with Crippen LogP contribution in [0.15, 0.2) is 46.3 Å². The number of rotatable bonds is 10. The Bertz CT molecular complexity index is 1420. The minimum Gasteiger partial charge on any atom is -0.493 e. The van der Waals surface area contributed by atoms with Gasteiger partial charge in [0.25, 0.3) is 5.91 Å². The van der Waals surface area contributed by atoms with Crippen molar-refractivity contribution in [3.8, 4) is 11.5 Å². The van der Waals surface area contributed by atoms with E-state index in [0.717, 1.165) is 23.1 Å². The first-order valence-corrected chi connectivity index (χ1v) is 14.1. The Morgan fingerprint density at radius 1 is 1.16 bits per heavy atom. The molecule has 1 atom stereocenters. The van der Waals surface area contributed by atoms with Crippen molar-refractivity contribution in [1.82, 2.24) is 8.87 Å². The third-order valence-electron chi connectivity index (χ3n) is 6.20. The minimum absolute atomic E-state index is 0.0922. The maximum atomic E-state index is 13.1. The van der Waals surface area contributed by atoms with Gasteiger partial charge in [-0.15, -0.1) is 0 Å². The van der Waals surface area contributed by atoms with Gasteiger partial charge in [-0.2, -0.15) is 9.30 Å². The van der Waals surface area contributed by atoms with Crippen LogP contribution < -0.4 is 14.3 Å². The fourth-order valence-corrected chi connectivity index (χ4v) is 6.42. The molecule has 0 radical (unpaired) electrons. The largest absolute Gasteiger partial charge is 0.493 e. The van der Waals surface area contributed by atoms with E-state index >= 15 is 0 Å². The van der Waals surface area contributed by atoms with Crippen molar-refractivity contribution in [2.75, 3.05) is 48.1 Å². The third-order valence-corrected chi connectivity index (χ3v) is 9.08. The number of fused-ring (bicyclic) bond motifs is 1. The molecule has 0 spiro atoms. The summed E-state index contributed by atoms with van der Waals surface area (Å²) in [4.78, 5) is 18.0. The summed E-state index contributed by atoms with van der Waals surface area (Å²) < 4.78 is 51.6. The number of benzene rings is 2. The second-order valence-electron chi connectivity index (χ2n) is 8.57. The molecule has 1 amide bonds. The first kappa shape index (κ1) is 27.3. The average Bonchev–Trinajstić information content (AvgIpc) is 3.53. The van der Waals surface area contributed by atoms with Gasteiger partial charge < -0.3 is 23.5 Å². The highest BCUT2D eigenvalue weighted by molar-refractivity contribution is 7.89. The second-order valence-corrected chi connectivity index (χ2v) is 11.6. The highest BCUT2D eigenvalue weighted by Crippen LogP contribution is 2.33. The van der Waals surface area contributed by atoms with Crippen LogP contribution in [-0.4, -0.2) is 77.4 Å². The first-order chi connectivity index (χ1) is 17.8. The third kappa shape index (κ3) is 5.88. The number of amides is 1. The molecule has 37 heavy (non-hydrogen) atoms. The van der Waals surface area contributed by atoms with E-state index in [1.54, 1.807) is 21.3 Å². The van der Waals surface area contributed by atoms with Gasteiger partial charge in [0, 0.05) is 51.6 Å². The summed E-state index contributed by atoms with van der Waals surface area (Å²) in [7, 11) is 2.57. The zero-order valence-corrected chi connectivity index (χ0v) is 22.9. The molecule has 0 bridgehead atoms. The lowest BCUT2D eigenvalue weighted by Crippen LogP contribution is -2.34. The standard InChI is InChI=1S/C25H31N3O7S2/c1-27(16-18-6-5-12-35-18)37(30,31)19-9-7-17(8-10-19)24(29)26-25-28(11-13-32-2)20-14-21(33-3)22(34-4)15-23(20)36-25/h7-10,14-15,18H,5-6,11-13,16H2,1-4H3. The minimum atomic E-state index is -3.70. The predicted molar refractivity (Wildman–Crippen MR) is 140 cm³/mol. The van der Waals surface area contributed by atoms with E-state index in [0.29, 0.717) is 42.6 Å². The highest BCUT2D eigenvalue weighted by Gasteiger charge is 2.26. The molecule has 1 aromatic heterocycles. The van der Waals surface area contributed by atoms with Gasteiger partial charge in [-0.1, -0.05) is 11.3 Å². The Labute approximate surface area is 220 Å². The number of hydrogen-bond donors (Lipinski definition) is 0. The summed E-state index contributed by atoms with van der Waals surface area (Å²) in [5.41, 5.74) is 1.12. The number of thiazole rings is 1. The summed E-state index contributed by atoms with van der Waals surface area (Å²) >= 11 is 1.34. The number of nitrogens with zero attached hydrogens (tertiary/aromatic N) is 3. The van der Waals surface area contributed by atoms with Crippen molar-refractivity contribution in [1.29, 1.82) is 0 Å². The molecule has 2 aromatic carbocycles. The van der Waals surface area contributed by atoms with Gasteiger partial charge in [0.2, 0.25) is 10.0 Å². The van der Waals surface area contributed by atoms with Crippen LogP contribution in [0.25, 0.3) is 10.2 Å². The monoisotopic (exact) mass is 549 g/mol. The van der Waals surface area contributed by atoms with E-state index in [-0.39, 0.29) is 16.6 Å². The van der Waals surface area contributed by atoms with Crippen molar-refractivity contribution in [2.24, 2.45) is 4.99 Å². The molecule has 4 rings (SSSR count). The molecule has 1 unspecified atom stereocenters. The molecule has 200 valence electrons. The number of likely N-dealkylation sites (N-methyl/N-ethyl adjacent to an activating group) is 1. The quantitative estimate of drug-likeness (QED) is 0.383. The van der Waals surface area contributed by atoms with Crippen LogP contribution in [0, 0.1) is 0 Å². The predicted octanol–water partition coefficient (Wildman–Crippen LogP) is 2.91. The van der Waals surface area contributed by atoms with E-state index < -0.39 is 15.9 Å². The van der Waals surface area contributed by atoms with E-state index in [9.17, 15) is 13.2 Å². The Morgan fingerprint density at radius 2 is 1.86 bits per heavy atom. The molecule has 1 saturated heterocycles. The lowest BCUT2D eigenvalue weighted by Gasteiger charge is -2.20. The van der Waals surface area contributed by atoms with E-state index in [4.69, 9.17) is 18.9 Å². The van der Waals surface area contributed by atoms with Gasteiger partial charge in [-0.05, 0) is 37.1 Å². The molecule has 0 N–H and O–H groups in total. The van der Waals surface area contributed by atoms with Crippen LogP contribution in [0.4, 0.5) is 0 Å². The number of ether oxygens (including phenoxy) is 4. The Balaban J connectivity index is 1.63. The summed E-state index contributed by atoms with van der Waals surface area (Å²) in [5.74, 6) is 0.667. The summed E-state index contributed by atoms with van der Waals surface area (Å²) in [5, 5.41) is 0. The summed E-state index contributed by atoms with van der Waals surface area (Å²) in [6.45, 7) is 1.85. The normalized spacial score (nSPS) is 16.6. The molecule has 0 saturated carbocycles. The number of carbonyl (C=O) groups excluding carboxylic acids is 1. The van der Waals surface area contributed by atoms with Crippen molar-refractivity contribution < 1.29 is 32.2 Å². The van der Waals surface area contributed by atoms with Crippen molar-refractivity contribution >= 4 is 37.5 Å². The molecule has 1 aliphatic heterocycles. The SMILES string of the molecule is COCCn1c(=NC(=O)c2ccc(S(=O)(=O)N(C)CC3CCCO3)cc2)sc2cc(OC)c(OC)cc21. The molecular formula is C25H31N3O7S2. The van der Waals surface area contributed by atoms with Crippen LogP contribution in [-0.2, 0) is 26.0 Å². The average molecular weight is 550 g/mol. The van der Waals surface area contributed by atoms with Gasteiger partial charge in [0.15, 0.2) is 16.3 Å². The molecule has 2 heterocycles. The second kappa shape index (κ2) is 11.7. The molecule has 0 aliphatic carbocycles. The summed E-state index contributed by atoms with van der Waals surface area (Å²) in [6, 6.07) is 9.53. The first-order valence-electron chi connectivity index (χ1n) is 11.8. The van der Waals surface area contributed by atoms with E-state index in [1.165, 1.54) is 47.0 Å². The fraction of sp³-hybridized carbons (Fsp3) is 0.440.